The molecule has 0 aliphatic carbocycles. The lowest BCUT2D eigenvalue weighted by molar-refractivity contribution is 0.600. The summed E-state index contributed by atoms with van der Waals surface area (Å²) in [6, 6.07) is 12.8. The second kappa shape index (κ2) is 6.18. The van der Waals surface area contributed by atoms with E-state index in [0.29, 0.717) is 16.9 Å². The summed E-state index contributed by atoms with van der Waals surface area (Å²) in [7, 11) is -3.50. The van der Waals surface area contributed by atoms with Gasteiger partial charge < -0.3 is 5.73 Å². The molecular weight excluding hydrogens is 284 g/mol. The molecule has 3 N–H and O–H groups in total. The zero-order chi connectivity index (χ0) is 15.5. The predicted molar refractivity (Wildman–Crippen MR) is 87.7 cm³/mol. The van der Waals surface area contributed by atoms with Crippen molar-refractivity contribution >= 4 is 21.4 Å². The summed E-state index contributed by atoms with van der Waals surface area (Å²) in [4.78, 5) is 0. The van der Waals surface area contributed by atoms with E-state index in [1.807, 2.05) is 32.0 Å². The van der Waals surface area contributed by atoms with Gasteiger partial charge in [0.25, 0.3) is 0 Å². The van der Waals surface area contributed by atoms with Crippen molar-refractivity contribution in [3.8, 4) is 0 Å². The summed E-state index contributed by atoms with van der Waals surface area (Å²) in [6.45, 7) is 3.90. The van der Waals surface area contributed by atoms with E-state index >= 15 is 0 Å². The van der Waals surface area contributed by atoms with Gasteiger partial charge in [0.15, 0.2) is 0 Å². The van der Waals surface area contributed by atoms with E-state index in [2.05, 4.69) is 4.72 Å². The molecule has 0 aliphatic rings. The zero-order valence-electron chi connectivity index (χ0n) is 12.3. The highest BCUT2D eigenvalue weighted by Gasteiger charge is 2.16. The van der Waals surface area contributed by atoms with Crippen LogP contribution in [0.15, 0.2) is 42.5 Å². The van der Waals surface area contributed by atoms with E-state index in [1.54, 1.807) is 24.3 Å². The van der Waals surface area contributed by atoms with Crippen LogP contribution in [0.4, 0.5) is 11.4 Å². The van der Waals surface area contributed by atoms with Crippen LogP contribution in [-0.2, 0) is 22.2 Å². The number of sulfonamides is 1. The summed E-state index contributed by atoms with van der Waals surface area (Å²) >= 11 is 0. The maximum absolute atomic E-state index is 12.4. The molecule has 0 atom stereocenters. The van der Waals surface area contributed by atoms with E-state index in [1.165, 1.54) is 0 Å². The molecule has 2 aromatic rings. The molecule has 5 heteroatoms. The van der Waals surface area contributed by atoms with Crippen molar-refractivity contribution in [2.75, 3.05) is 10.5 Å². The van der Waals surface area contributed by atoms with Gasteiger partial charge in [0.2, 0.25) is 10.0 Å². The number of anilines is 2. The Labute approximate surface area is 126 Å². The minimum Gasteiger partial charge on any atom is -0.398 e. The van der Waals surface area contributed by atoms with Crippen molar-refractivity contribution in [3.05, 3.63) is 59.2 Å². The van der Waals surface area contributed by atoms with Crippen molar-refractivity contribution < 1.29 is 8.42 Å². The van der Waals surface area contributed by atoms with Gasteiger partial charge in [0.1, 0.15) is 0 Å². The first-order valence-electron chi connectivity index (χ1n) is 6.85. The maximum Gasteiger partial charge on any atom is 0.237 e. The van der Waals surface area contributed by atoms with Crippen LogP contribution in [0.2, 0.25) is 0 Å². The molecule has 0 spiro atoms. The first-order valence-corrected chi connectivity index (χ1v) is 8.50. The molecule has 2 rings (SSSR count). The van der Waals surface area contributed by atoms with Gasteiger partial charge in [-0.3, -0.25) is 4.72 Å². The second-order valence-corrected chi connectivity index (χ2v) is 6.74. The lowest BCUT2D eigenvalue weighted by atomic mass is 10.1. The number of nitrogen functional groups attached to an aromatic ring is 1. The third-order valence-corrected chi connectivity index (χ3v) is 4.60. The van der Waals surface area contributed by atoms with Crippen molar-refractivity contribution in [1.29, 1.82) is 0 Å². The zero-order valence-corrected chi connectivity index (χ0v) is 13.1. The summed E-state index contributed by atoms with van der Waals surface area (Å²) < 4.78 is 27.4. The Morgan fingerprint density at radius 3 is 2.38 bits per heavy atom. The number of hydrogen-bond donors (Lipinski definition) is 2. The average Bonchev–Trinajstić information content (AvgIpc) is 2.43. The topological polar surface area (TPSA) is 72.2 Å². The van der Waals surface area contributed by atoms with Gasteiger partial charge in [0.05, 0.1) is 11.4 Å². The van der Waals surface area contributed by atoms with Crippen LogP contribution in [0.5, 0.6) is 0 Å². The van der Waals surface area contributed by atoms with Crippen molar-refractivity contribution in [3.63, 3.8) is 0 Å². The van der Waals surface area contributed by atoms with Crippen LogP contribution in [0, 0.1) is 6.92 Å². The van der Waals surface area contributed by atoms with E-state index in [4.69, 9.17) is 5.73 Å². The van der Waals surface area contributed by atoms with Gasteiger partial charge in [-0.15, -0.1) is 0 Å². The Bertz CT molecular complexity index is 740. The van der Waals surface area contributed by atoms with Gasteiger partial charge in [0, 0.05) is 5.69 Å². The van der Waals surface area contributed by atoms with E-state index in [9.17, 15) is 8.42 Å². The number of hydrogen-bond acceptors (Lipinski definition) is 3. The molecular formula is C16H20N2O2S. The molecule has 2 aromatic carbocycles. The number of rotatable bonds is 5. The average molecular weight is 304 g/mol. The van der Waals surface area contributed by atoms with Crippen LogP contribution in [0.25, 0.3) is 0 Å². The van der Waals surface area contributed by atoms with Gasteiger partial charge >= 0.3 is 0 Å². The summed E-state index contributed by atoms with van der Waals surface area (Å²) in [5, 5.41) is 0. The first-order chi connectivity index (χ1) is 9.93. The SMILES string of the molecule is CCc1cccc(C)c1NS(=O)(=O)Cc1ccccc1N. The molecule has 0 saturated carbocycles. The van der Waals surface area contributed by atoms with Gasteiger partial charge in [-0.2, -0.15) is 0 Å². The standard InChI is InChI=1S/C16H20N2O2S/c1-3-13-9-6-7-12(2)16(13)18-21(19,20)11-14-8-4-5-10-15(14)17/h4-10,18H,3,11,17H2,1-2H3. The number of nitrogens with two attached hydrogens (primary N) is 1. The smallest absolute Gasteiger partial charge is 0.237 e. The highest BCUT2D eigenvalue weighted by molar-refractivity contribution is 7.91. The first kappa shape index (κ1) is 15.4. The summed E-state index contributed by atoms with van der Waals surface area (Å²) in [5.74, 6) is -0.128. The lowest BCUT2D eigenvalue weighted by Crippen LogP contribution is -2.17. The number of nitrogens with one attached hydrogen (secondary N) is 1. The Balaban J connectivity index is 2.29. The normalized spacial score (nSPS) is 11.3. The predicted octanol–water partition coefficient (Wildman–Crippen LogP) is 3.08. The van der Waals surface area contributed by atoms with E-state index < -0.39 is 10.0 Å². The van der Waals surface area contributed by atoms with E-state index in [0.717, 1.165) is 17.5 Å². The highest BCUT2D eigenvalue weighted by Crippen LogP contribution is 2.24. The van der Waals surface area contributed by atoms with Crippen LogP contribution >= 0.6 is 0 Å². The minimum absolute atomic E-state index is 0.128. The molecule has 0 unspecified atom stereocenters. The Morgan fingerprint density at radius 1 is 1.05 bits per heavy atom. The molecule has 0 fully saturated rings. The second-order valence-electron chi connectivity index (χ2n) is 5.02. The van der Waals surface area contributed by atoms with Gasteiger partial charge in [-0.25, -0.2) is 8.42 Å². The van der Waals surface area contributed by atoms with E-state index in [-0.39, 0.29) is 5.75 Å². The van der Waals surface area contributed by atoms with Crippen LogP contribution in [0.3, 0.4) is 0 Å². The number of para-hydroxylation sites is 2. The minimum atomic E-state index is -3.50. The number of aryl methyl sites for hydroxylation is 2. The fourth-order valence-corrected chi connectivity index (χ4v) is 3.58. The number of benzene rings is 2. The van der Waals surface area contributed by atoms with Crippen molar-refractivity contribution in [2.24, 2.45) is 0 Å². The summed E-state index contributed by atoms with van der Waals surface area (Å²) in [5.41, 5.74) is 9.49. The fraction of sp³-hybridized carbons (Fsp3) is 0.250. The molecule has 0 saturated heterocycles. The lowest BCUT2D eigenvalue weighted by Gasteiger charge is -2.15. The molecule has 4 nitrogen and oxygen atoms in total. The van der Waals surface area contributed by atoms with Crippen molar-refractivity contribution in [2.45, 2.75) is 26.0 Å². The molecule has 0 heterocycles. The molecule has 0 amide bonds. The third kappa shape index (κ3) is 3.76. The summed E-state index contributed by atoms with van der Waals surface area (Å²) in [6.07, 6.45) is 0.771. The van der Waals surface area contributed by atoms with Crippen LogP contribution in [0.1, 0.15) is 23.6 Å². The third-order valence-electron chi connectivity index (χ3n) is 3.40. The monoisotopic (exact) mass is 304 g/mol. The Hall–Kier alpha value is -2.01. The quantitative estimate of drug-likeness (QED) is 0.834. The Kier molecular flexibility index (Phi) is 4.53. The highest BCUT2D eigenvalue weighted by atomic mass is 32.2. The molecule has 0 radical (unpaired) electrons. The maximum atomic E-state index is 12.4. The largest absolute Gasteiger partial charge is 0.398 e. The molecule has 112 valence electrons. The Morgan fingerprint density at radius 2 is 1.71 bits per heavy atom. The molecule has 0 aromatic heterocycles. The van der Waals surface area contributed by atoms with Gasteiger partial charge in [-0.1, -0.05) is 43.3 Å². The van der Waals surface area contributed by atoms with Crippen LogP contribution in [-0.4, -0.2) is 8.42 Å². The molecule has 21 heavy (non-hydrogen) atoms. The molecule has 0 bridgehead atoms. The fourth-order valence-electron chi connectivity index (χ4n) is 2.23. The van der Waals surface area contributed by atoms with Crippen molar-refractivity contribution in [1.82, 2.24) is 0 Å². The van der Waals surface area contributed by atoms with Crippen LogP contribution < -0.4 is 10.5 Å². The van der Waals surface area contributed by atoms with Gasteiger partial charge in [-0.05, 0) is 36.1 Å². The molecule has 0 aliphatic heterocycles.